The van der Waals surface area contributed by atoms with Gasteiger partial charge in [-0.1, -0.05) is 78.9 Å². The molecule has 1 saturated heterocycles. The Balaban J connectivity index is 0.845. The summed E-state index contributed by atoms with van der Waals surface area (Å²) in [4.78, 5) is 45.8. The van der Waals surface area contributed by atoms with Crippen LogP contribution in [-0.4, -0.2) is 70.4 Å². The number of nitrogens with one attached hydrogen (secondary N) is 3. The second kappa shape index (κ2) is 20.5. The fraction of sp³-hybridized carbons (Fsp3) is 0.250. The van der Waals surface area contributed by atoms with Crippen LogP contribution in [0.3, 0.4) is 0 Å². The number of aliphatic hydroxyl groups excluding tert-OH is 1. The summed E-state index contributed by atoms with van der Waals surface area (Å²) in [5.41, 5.74) is 2.75. The molecule has 2 aromatic heterocycles. The molecule has 13 heteroatoms. The molecule has 5 aromatic carbocycles. The number of esters is 1. The average Bonchev–Trinajstić information content (AvgIpc) is 3.83. The van der Waals surface area contributed by atoms with Crippen molar-refractivity contribution in [3.05, 3.63) is 188 Å². The summed E-state index contributed by atoms with van der Waals surface area (Å²) in [5, 5.41) is 40.2. The highest BCUT2D eigenvalue weighted by atomic mass is 32.1. The van der Waals surface area contributed by atoms with Gasteiger partial charge in [0.15, 0.2) is 0 Å². The first-order chi connectivity index (χ1) is 31.6. The highest BCUT2D eigenvalue weighted by molar-refractivity contribution is 7.15. The number of aliphatic hydroxyl groups is 2. The van der Waals surface area contributed by atoms with Gasteiger partial charge >= 0.3 is 5.97 Å². The van der Waals surface area contributed by atoms with E-state index in [9.17, 15) is 29.7 Å². The Morgan fingerprint density at radius 3 is 2.40 bits per heavy atom. The summed E-state index contributed by atoms with van der Waals surface area (Å²) in [6.07, 6.45) is 0.868. The maximum Gasteiger partial charge on any atom is 0.347 e. The molecule has 8 rings (SSSR count). The molecule has 334 valence electrons. The number of piperidine rings is 1. The normalized spacial score (nSPS) is 14.7. The van der Waals surface area contributed by atoms with Crippen molar-refractivity contribution < 1.29 is 34.4 Å². The maximum absolute atomic E-state index is 14.0. The van der Waals surface area contributed by atoms with Crippen LogP contribution in [0.5, 0.6) is 11.5 Å². The fourth-order valence-electron chi connectivity index (χ4n) is 8.30. The number of phenolic OH excluding ortho intramolecular Hbond substituents is 1. The number of carbonyl (C=O) groups is 2. The van der Waals surface area contributed by atoms with E-state index in [1.165, 1.54) is 29.0 Å². The van der Waals surface area contributed by atoms with Crippen LogP contribution >= 0.6 is 11.3 Å². The number of benzene rings is 5. The van der Waals surface area contributed by atoms with Crippen molar-refractivity contribution in [1.82, 2.24) is 20.5 Å². The maximum atomic E-state index is 14.0. The van der Waals surface area contributed by atoms with Gasteiger partial charge in [-0.05, 0) is 114 Å². The molecule has 1 amide bonds. The average molecular weight is 893 g/mol. The van der Waals surface area contributed by atoms with E-state index in [1.54, 1.807) is 61.7 Å². The van der Waals surface area contributed by atoms with Crippen LogP contribution in [0.4, 0.5) is 0 Å². The number of fused-ring (bicyclic) bond motifs is 1. The number of hydrogen-bond acceptors (Lipinski definition) is 11. The highest BCUT2D eigenvalue weighted by Crippen LogP contribution is 2.36. The van der Waals surface area contributed by atoms with Crippen molar-refractivity contribution in [2.45, 2.75) is 44.2 Å². The van der Waals surface area contributed by atoms with Gasteiger partial charge in [0.1, 0.15) is 11.5 Å². The molecule has 12 nitrogen and oxygen atoms in total. The molecule has 3 heterocycles. The number of thiophene rings is 1. The molecule has 1 fully saturated rings. The lowest BCUT2D eigenvalue weighted by Crippen LogP contribution is -2.40. The number of amides is 1. The second-order valence-corrected chi connectivity index (χ2v) is 17.6. The zero-order chi connectivity index (χ0) is 45.3. The van der Waals surface area contributed by atoms with E-state index < -0.39 is 17.7 Å². The minimum absolute atomic E-state index is 0.0669. The zero-order valence-corrected chi connectivity index (χ0v) is 36.9. The number of pyridine rings is 1. The summed E-state index contributed by atoms with van der Waals surface area (Å²) in [6.45, 7) is 3.79. The van der Waals surface area contributed by atoms with Gasteiger partial charge in [-0.3, -0.25) is 14.5 Å². The first kappa shape index (κ1) is 45.0. The largest absolute Gasteiger partial charge is 0.506 e. The van der Waals surface area contributed by atoms with Gasteiger partial charge in [-0.25, -0.2) is 4.79 Å². The van der Waals surface area contributed by atoms with Crippen molar-refractivity contribution in [3.63, 3.8) is 0 Å². The quantitative estimate of drug-likeness (QED) is 0.0506. The number of methoxy groups -OCH3 is 1. The number of hydrogen-bond donors (Lipinski definition) is 6. The Labute approximate surface area is 381 Å². The Hall–Kier alpha value is -6.61. The number of carbonyl (C=O) groups excluding carboxylic acids is 2. The molecule has 0 spiro atoms. The number of phenols is 1. The number of nitrogens with zero attached hydrogens (tertiary/aromatic N) is 1. The molecule has 1 aliphatic rings. The van der Waals surface area contributed by atoms with Crippen molar-refractivity contribution in [3.8, 4) is 21.9 Å². The number of rotatable bonds is 17. The number of aromatic amines is 1. The van der Waals surface area contributed by atoms with Crippen molar-refractivity contribution in [1.29, 1.82) is 0 Å². The Morgan fingerprint density at radius 1 is 0.846 bits per heavy atom. The first-order valence-corrected chi connectivity index (χ1v) is 22.5. The molecule has 65 heavy (non-hydrogen) atoms. The summed E-state index contributed by atoms with van der Waals surface area (Å²) in [7, 11) is 1.67. The van der Waals surface area contributed by atoms with Gasteiger partial charge < -0.3 is 40.4 Å². The van der Waals surface area contributed by atoms with Gasteiger partial charge in [-0.15, -0.1) is 11.3 Å². The van der Waals surface area contributed by atoms with E-state index in [4.69, 9.17) is 9.47 Å². The predicted octanol–water partition coefficient (Wildman–Crippen LogP) is 7.42. The summed E-state index contributed by atoms with van der Waals surface area (Å²) >= 11 is 1.51. The molecular weight excluding hydrogens is 841 g/mol. The number of ether oxygens (including phenoxy) is 2. The first-order valence-electron chi connectivity index (χ1n) is 21.7. The van der Waals surface area contributed by atoms with Crippen LogP contribution in [0.15, 0.2) is 144 Å². The predicted molar refractivity (Wildman–Crippen MR) is 252 cm³/mol. The van der Waals surface area contributed by atoms with E-state index >= 15 is 0 Å². The third-order valence-corrected chi connectivity index (χ3v) is 13.1. The highest BCUT2D eigenvalue weighted by Gasteiger charge is 2.42. The van der Waals surface area contributed by atoms with Gasteiger partial charge in [0, 0.05) is 52.0 Å². The lowest BCUT2D eigenvalue weighted by molar-refractivity contribution is -0.164. The standard InChI is InChI=1S/C52H52N4O8S/c1-63-41-12-5-7-36(27-41)32-56-25-23-35(24-26-56)33-64-51(61)52(62,39-9-3-2-4-10-39)40-11-6-8-38(28-40)47-21-17-42(65-47)30-54-50(60)37-15-13-34(14-16-37)29-53-31-46(58)43-18-20-45(57)49-44(43)19-22-48(59)55-49/h2-22,27-28,35,46,53,57-58,62H,23-26,29-33H2,1H3,(H,54,60)(H,55,59)/t46-,52-/m0/s1. The minimum atomic E-state index is -2.03. The summed E-state index contributed by atoms with van der Waals surface area (Å²) in [6, 6.07) is 41.5. The Morgan fingerprint density at radius 2 is 1.62 bits per heavy atom. The number of aromatic hydroxyl groups is 1. The summed E-state index contributed by atoms with van der Waals surface area (Å²) in [5.74, 6) is 0.0241. The van der Waals surface area contributed by atoms with Gasteiger partial charge in [0.25, 0.3) is 5.91 Å². The van der Waals surface area contributed by atoms with E-state index in [0.29, 0.717) is 40.7 Å². The third-order valence-electron chi connectivity index (χ3n) is 12.0. The van der Waals surface area contributed by atoms with E-state index in [1.807, 2.05) is 60.7 Å². The lowest BCUT2D eigenvalue weighted by Gasteiger charge is -2.33. The van der Waals surface area contributed by atoms with E-state index in [2.05, 4.69) is 32.7 Å². The number of likely N-dealkylation sites (tertiary alicyclic amines) is 1. The van der Waals surface area contributed by atoms with Gasteiger partial charge in [-0.2, -0.15) is 0 Å². The Kier molecular flexibility index (Phi) is 14.2. The SMILES string of the molecule is COc1cccc(CN2CCC(COC(=O)[C@](O)(c3ccccc3)c3cccc(-c4ccc(CNC(=O)c5ccc(CNC[C@H](O)c6ccc(O)c7[nH]c(=O)ccc67)cc5)s4)c3)CC2)c1. The second-order valence-electron chi connectivity index (χ2n) is 16.4. The molecule has 2 atom stereocenters. The molecule has 0 bridgehead atoms. The van der Waals surface area contributed by atoms with Crippen LogP contribution in [0, 0.1) is 5.92 Å². The van der Waals surface area contributed by atoms with Gasteiger partial charge in [0.05, 0.1) is 31.9 Å². The van der Waals surface area contributed by atoms with E-state index in [0.717, 1.165) is 59.1 Å². The smallest absolute Gasteiger partial charge is 0.347 e. The van der Waals surface area contributed by atoms with Crippen LogP contribution in [-0.2, 0) is 34.8 Å². The van der Waals surface area contributed by atoms with Gasteiger partial charge in [0.2, 0.25) is 11.2 Å². The van der Waals surface area contributed by atoms with Crippen LogP contribution < -0.4 is 20.9 Å². The monoisotopic (exact) mass is 892 g/mol. The molecule has 0 aliphatic carbocycles. The molecule has 6 N–H and O–H groups in total. The molecule has 0 saturated carbocycles. The van der Waals surface area contributed by atoms with Crippen LogP contribution in [0.2, 0.25) is 0 Å². The van der Waals surface area contributed by atoms with Crippen molar-refractivity contribution in [2.75, 3.05) is 33.4 Å². The topological polar surface area (TPSA) is 173 Å². The molecule has 0 unspecified atom stereocenters. The number of aromatic nitrogens is 1. The van der Waals surface area contributed by atoms with Crippen LogP contribution in [0.1, 0.15) is 62.0 Å². The minimum Gasteiger partial charge on any atom is -0.506 e. The number of H-pyrrole nitrogens is 1. The van der Waals surface area contributed by atoms with E-state index in [-0.39, 0.29) is 41.8 Å². The molecular formula is C52H52N4O8S. The molecule has 1 aliphatic heterocycles. The third kappa shape index (κ3) is 10.7. The fourth-order valence-corrected chi connectivity index (χ4v) is 9.25. The van der Waals surface area contributed by atoms with Crippen molar-refractivity contribution >= 4 is 34.1 Å². The Bertz CT molecular complexity index is 2800. The molecule has 7 aromatic rings. The molecule has 0 radical (unpaired) electrons. The van der Waals surface area contributed by atoms with Crippen LogP contribution in [0.25, 0.3) is 21.3 Å². The summed E-state index contributed by atoms with van der Waals surface area (Å²) < 4.78 is 11.3. The zero-order valence-electron chi connectivity index (χ0n) is 36.0. The van der Waals surface area contributed by atoms with Crippen molar-refractivity contribution in [2.24, 2.45) is 5.92 Å². The lowest BCUT2D eigenvalue weighted by atomic mass is 9.85.